The fourth-order valence-electron chi connectivity index (χ4n) is 16.5. The molecule has 12 aromatic rings. The molecule has 17 nitrogen and oxygen atoms in total. The molecule has 0 saturated heterocycles. The number of H-pyrrole nitrogens is 8. The van der Waals surface area contributed by atoms with Crippen LogP contribution in [-0.2, 0) is 32.1 Å². The lowest BCUT2D eigenvalue weighted by Gasteiger charge is -2.24. The molecule has 8 N–H and O–H groups in total. The first-order chi connectivity index (χ1) is 56.7. The van der Waals surface area contributed by atoms with Crippen LogP contribution in [0.15, 0.2) is 263 Å². The minimum atomic E-state index is -0.480. The number of halogens is 3. The van der Waals surface area contributed by atoms with Crippen LogP contribution in [0.2, 0.25) is 15.1 Å². The Morgan fingerprint density at radius 3 is 0.983 bits per heavy atom. The van der Waals surface area contributed by atoms with Crippen molar-refractivity contribution < 1.29 is 0 Å². The lowest BCUT2D eigenvalue weighted by molar-refractivity contribution is 0.596. The van der Waals surface area contributed by atoms with Crippen LogP contribution in [0, 0.1) is 25.2 Å². The molecule has 8 aromatic carbocycles. The molecule has 0 aliphatic heterocycles. The zero-order valence-electron chi connectivity index (χ0n) is 65.5. The highest BCUT2D eigenvalue weighted by molar-refractivity contribution is 6.33. The van der Waals surface area contributed by atoms with Crippen molar-refractivity contribution in [1.29, 1.82) is 5.26 Å². The Morgan fingerprint density at radius 1 is 0.333 bits per heavy atom. The van der Waals surface area contributed by atoms with E-state index in [9.17, 15) is 38.4 Å². The maximum absolute atomic E-state index is 12.6. The molecule has 16 rings (SSSR count). The van der Waals surface area contributed by atoms with E-state index in [0.29, 0.717) is 70.6 Å². The third-order valence-electron chi connectivity index (χ3n) is 22.7. The Labute approximate surface area is 692 Å². The summed E-state index contributed by atoms with van der Waals surface area (Å²) in [5.74, 6) is 0.411. The highest BCUT2D eigenvalue weighted by atomic mass is 35.5. The summed E-state index contributed by atoms with van der Waals surface area (Å²) in [7, 11) is 0. The van der Waals surface area contributed by atoms with Gasteiger partial charge in [-0.1, -0.05) is 236 Å². The third kappa shape index (κ3) is 21.1. The van der Waals surface area contributed by atoms with E-state index in [2.05, 4.69) is 133 Å². The number of aryl methyl sites for hydroxylation is 3. The summed E-state index contributed by atoms with van der Waals surface area (Å²) in [5.41, 5.74) is 20.2. The second kappa shape index (κ2) is 39.0. The summed E-state index contributed by atoms with van der Waals surface area (Å²) in [6, 6.07) is 67.5. The van der Waals surface area contributed by atoms with E-state index in [0.717, 1.165) is 154 Å². The summed E-state index contributed by atoms with van der Waals surface area (Å²) >= 11 is 19.3. The topological polar surface area (TPSA) is 287 Å². The first kappa shape index (κ1) is 82.8. The minimum absolute atomic E-state index is 0.0420. The molecule has 4 heterocycles. The van der Waals surface area contributed by atoms with Crippen molar-refractivity contribution in [3.8, 4) is 6.07 Å². The van der Waals surface area contributed by atoms with Crippen LogP contribution >= 0.6 is 34.8 Å². The highest BCUT2D eigenvalue weighted by Crippen LogP contribution is 2.43. The predicted molar refractivity (Wildman–Crippen MR) is 470 cm³/mol. The maximum Gasteiger partial charge on any atom is 0.325 e. The van der Waals surface area contributed by atoms with Crippen LogP contribution in [0.1, 0.15) is 219 Å². The normalized spacial score (nSPS) is 16.4. The lowest BCUT2D eigenvalue weighted by Crippen LogP contribution is -2.30. The second-order valence-electron chi connectivity index (χ2n) is 30.4. The molecular formula is C97H92Cl3N9O8. The van der Waals surface area contributed by atoms with Gasteiger partial charge in [-0.05, 0) is 211 Å². The molecule has 4 aromatic heterocycles. The third-order valence-corrected chi connectivity index (χ3v) is 23.6. The van der Waals surface area contributed by atoms with Gasteiger partial charge in [-0.2, -0.15) is 5.26 Å². The van der Waals surface area contributed by atoms with Crippen LogP contribution < -0.4 is 45.0 Å². The Bertz CT molecular complexity index is 6280. The van der Waals surface area contributed by atoms with Gasteiger partial charge in [0, 0.05) is 109 Å². The van der Waals surface area contributed by atoms with Crippen LogP contribution in [0.25, 0.3) is 22.3 Å². The number of allylic oxidation sites excluding steroid dienone is 8. The van der Waals surface area contributed by atoms with Gasteiger partial charge in [0.1, 0.15) is 0 Å². The van der Waals surface area contributed by atoms with E-state index in [1.165, 1.54) is 33.4 Å². The monoisotopic (exact) mass is 1620 g/mol. The molecule has 0 radical (unpaired) electrons. The second-order valence-corrected chi connectivity index (χ2v) is 31.6. The number of hydrogen-bond donors (Lipinski definition) is 8. The number of rotatable bonds is 17. The minimum Gasteiger partial charge on any atom is -0.311 e. The Balaban J connectivity index is 0.000000136. The summed E-state index contributed by atoms with van der Waals surface area (Å²) in [6.45, 7) is 6.29. The Morgan fingerprint density at radius 2 is 0.658 bits per heavy atom. The molecule has 0 amide bonds. The zero-order chi connectivity index (χ0) is 82.1. The van der Waals surface area contributed by atoms with Gasteiger partial charge in [-0.25, -0.2) is 19.2 Å². The predicted octanol–water partition coefficient (Wildman–Crippen LogP) is 19.0. The fraction of sp³-hybridized carbons (Fsp3) is 0.247. The average Bonchev–Trinajstić information content (AvgIpc) is 0.782. The highest BCUT2D eigenvalue weighted by Gasteiger charge is 2.29. The molecule has 4 unspecified atom stereocenters. The van der Waals surface area contributed by atoms with Crippen molar-refractivity contribution in [1.82, 2.24) is 39.9 Å². The number of aromatic nitrogens is 8. The van der Waals surface area contributed by atoms with E-state index < -0.39 is 22.8 Å². The van der Waals surface area contributed by atoms with Gasteiger partial charge in [0.2, 0.25) is 0 Å². The summed E-state index contributed by atoms with van der Waals surface area (Å²) in [5, 5.41) is 11.3. The van der Waals surface area contributed by atoms with E-state index >= 15 is 0 Å². The summed E-state index contributed by atoms with van der Waals surface area (Å²) in [4.78, 5) is 119. The van der Waals surface area contributed by atoms with E-state index in [-0.39, 0.29) is 45.9 Å². The first-order valence-electron chi connectivity index (χ1n) is 39.9. The van der Waals surface area contributed by atoms with Crippen molar-refractivity contribution in [2.75, 3.05) is 0 Å². The molecule has 20 heteroatoms. The van der Waals surface area contributed by atoms with Crippen molar-refractivity contribution >= 4 is 57.1 Å². The number of benzene rings is 8. The molecular weight excluding hydrogens is 1530 g/mol. The van der Waals surface area contributed by atoms with Gasteiger partial charge < -0.3 is 19.9 Å². The Kier molecular flexibility index (Phi) is 27.6. The standard InChI is InChI=1S/C25H25ClN2O2.C24H20ClN3O2.C24H23ClN2O2.C24H24N2O2/c1-2-16-8-13-22(26)20(14-16)18-9-11-19(12-10-18)23-21(24(29)28-25(30)27-23)15-17-6-4-3-5-7-17;25-21-11-6-16(14-26)13-19(21)17-7-9-18(10-8-17)22-20(23(29)28-24(30)27-22)12-15-4-2-1-3-5-15;1-15-7-12-19(21(25)13-15)17-8-10-18(11-9-17)22-20(23(28)27-24(29)26-22)14-16-5-3-2-4-6-16;1-16-7-5-6-10-20(16)18-11-13-19(14-12-18)22-21(23(27)26-24(28)25-22)15-17-8-3-2-4-9-17/h3-9,13-14,19H,2,10-12,15H2,1H3,(H2,27,28,29,30);1-7,11,13,18H,8-10,12H2,(H2,27,28,29,30);2-8,12-13,18H,9-11,14H2,1H3,(H2,26,27,28,29);2-11,19H,12-15H2,1H3,(H2,25,26,27,28). The molecule has 594 valence electrons. The van der Waals surface area contributed by atoms with E-state index in [1.54, 1.807) is 12.1 Å². The fourth-order valence-corrected chi connectivity index (χ4v) is 17.3. The van der Waals surface area contributed by atoms with Gasteiger partial charge >= 0.3 is 22.8 Å². The number of nitrogens with zero attached hydrogens (tertiary/aromatic N) is 1. The van der Waals surface area contributed by atoms with E-state index in [4.69, 9.17) is 40.1 Å². The molecule has 4 atom stereocenters. The van der Waals surface area contributed by atoms with Crippen molar-refractivity contribution in [3.63, 3.8) is 0 Å². The number of hydrogen-bond acceptors (Lipinski definition) is 9. The average molecular weight is 1620 g/mol. The smallest absolute Gasteiger partial charge is 0.311 e. The molecule has 0 fully saturated rings. The van der Waals surface area contributed by atoms with Crippen molar-refractivity contribution in [2.24, 2.45) is 0 Å². The van der Waals surface area contributed by atoms with Crippen molar-refractivity contribution in [3.05, 3.63) is 435 Å². The number of nitrogens with one attached hydrogen (secondary N) is 8. The van der Waals surface area contributed by atoms with E-state index in [1.807, 2.05) is 146 Å². The quantitative estimate of drug-likeness (QED) is 0.0429. The van der Waals surface area contributed by atoms with Crippen molar-refractivity contribution in [2.45, 2.75) is 154 Å². The van der Waals surface area contributed by atoms with Gasteiger partial charge in [-0.15, -0.1) is 0 Å². The first-order valence-corrected chi connectivity index (χ1v) is 41.0. The zero-order valence-corrected chi connectivity index (χ0v) is 67.8. The number of nitriles is 1. The molecule has 0 saturated carbocycles. The van der Waals surface area contributed by atoms with Crippen LogP contribution in [0.3, 0.4) is 0 Å². The molecule has 0 spiro atoms. The Hall–Kier alpha value is -12.2. The lowest BCUT2D eigenvalue weighted by atomic mass is 9.82. The molecule has 4 aliphatic rings. The molecule has 117 heavy (non-hydrogen) atoms. The molecule has 4 aliphatic carbocycles. The largest absolute Gasteiger partial charge is 0.325 e. The van der Waals surface area contributed by atoms with Crippen LogP contribution in [0.5, 0.6) is 0 Å². The van der Waals surface area contributed by atoms with Gasteiger partial charge in [0.05, 0.1) is 11.6 Å². The summed E-state index contributed by atoms with van der Waals surface area (Å²) in [6.07, 6.45) is 21.6. The molecule has 0 bridgehead atoms. The van der Waals surface area contributed by atoms with Gasteiger partial charge in [0.25, 0.3) is 22.2 Å². The maximum atomic E-state index is 12.6. The van der Waals surface area contributed by atoms with Gasteiger partial charge in [0.15, 0.2) is 0 Å². The summed E-state index contributed by atoms with van der Waals surface area (Å²) < 4.78 is 0. The number of aromatic amines is 8. The SMILES string of the molecule is CCc1ccc(Cl)c(C2=CCC(c3[nH]c(=O)[nH]c(=O)c3Cc3ccccc3)CC2)c1.Cc1ccc(C2=CCC(c3[nH]c(=O)[nH]c(=O)c3Cc3ccccc3)CC2)c(Cl)c1.Cc1ccccc1C1=CCC(c2[nH]c(=O)[nH]c(=O)c2Cc2ccccc2)CC1.N#Cc1ccc(Cl)c(C2=CCC(c3[nH]c(=O)[nH]c(=O)c3Cc3ccccc3)CC2)c1. The van der Waals surface area contributed by atoms with Crippen LogP contribution in [-0.4, -0.2) is 39.9 Å². The van der Waals surface area contributed by atoms with Crippen LogP contribution in [0.4, 0.5) is 0 Å². The van der Waals surface area contributed by atoms with Gasteiger partial charge in [-0.3, -0.25) is 39.1 Å².